The lowest BCUT2D eigenvalue weighted by Crippen LogP contribution is -2.16. The predicted octanol–water partition coefficient (Wildman–Crippen LogP) is 1.42. The molecule has 0 aliphatic heterocycles. The molecule has 0 unspecified atom stereocenters. The number of benzene rings is 1. The van der Waals surface area contributed by atoms with E-state index in [0.29, 0.717) is 11.4 Å². The third-order valence-electron chi connectivity index (χ3n) is 2.16. The fraction of sp³-hybridized carbons (Fsp3) is 0.333. The Kier molecular flexibility index (Phi) is 5.51. The minimum Gasteiger partial charge on any atom is -0.468 e. The summed E-state index contributed by atoms with van der Waals surface area (Å²) in [6, 6.07) is 5.41. The van der Waals surface area contributed by atoms with Crippen LogP contribution in [0.2, 0.25) is 0 Å². The van der Waals surface area contributed by atoms with Gasteiger partial charge in [0.25, 0.3) is 0 Å². The second kappa shape index (κ2) is 6.90. The van der Waals surface area contributed by atoms with Gasteiger partial charge in [0.1, 0.15) is 0 Å². The molecule has 0 radical (unpaired) electrons. The van der Waals surface area contributed by atoms with Crippen LogP contribution in [0.1, 0.15) is 5.56 Å². The number of nitrogens with one attached hydrogen (secondary N) is 1. The van der Waals surface area contributed by atoms with Crippen molar-refractivity contribution in [3.63, 3.8) is 0 Å². The zero-order valence-corrected chi connectivity index (χ0v) is 11.2. The molecule has 0 heterocycles. The van der Waals surface area contributed by atoms with Gasteiger partial charge >= 0.3 is 5.97 Å². The SMILES string of the molecule is COC(=O)CSCC(=O)Nc1ccc(C)cc1N. The van der Waals surface area contributed by atoms with Crippen LogP contribution in [-0.2, 0) is 14.3 Å². The number of hydrogen-bond donors (Lipinski definition) is 2. The van der Waals surface area contributed by atoms with Crippen LogP contribution in [0.5, 0.6) is 0 Å². The number of nitrogen functional groups attached to an aromatic ring is 1. The van der Waals surface area contributed by atoms with Crippen molar-refractivity contribution in [3.05, 3.63) is 23.8 Å². The van der Waals surface area contributed by atoms with Crippen LogP contribution in [0.3, 0.4) is 0 Å². The summed E-state index contributed by atoms with van der Waals surface area (Å²) in [5, 5.41) is 2.69. The van der Waals surface area contributed by atoms with Crippen molar-refractivity contribution in [1.29, 1.82) is 0 Å². The van der Waals surface area contributed by atoms with Crippen LogP contribution in [0.15, 0.2) is 18.2 Å². The largest absolute Gasteiger partial charge is 0.468 e. The summed E-state index contributed by atoms with van der Waals surface area (Å²) < 4.78 is 4.47. The zero-order valence-electron chi connectivity index (χ0n) is 10.4. The molecule has 0 saturated carbocycles. The predicted molar refractivity (Wildman–Crippen MR) is 73.6 cm³/mol. The van der Waals surface area contributed by atoms with E-state index in [2.05, 4.69) is 10.1 Å². The molecule has 18 heavy (non-hydrogen) atoms. The number of nitrogens with two attached hydrogens (primary N) is 1. The van der Waals surface area contributed by atoms with Crippen LogP contribution in [0, 0.1) is 6.92 Å². The van der Waals surface area contributed by atoms with Crippen molar-refractivity contribution in [3.8, 4) is 0 Å². The molecule has 0 aromatic heterocycles. The molecular weight excluding hydrogens is 252 g/mol. The lowest BCUT2D eigenvalue weighted by molar-refractivity contribution is -0.137. The van der Waals surface area contributed by atoms with Crippen molar-refractivity contribution in [2.24, 2.45) is 0 Å². The normalized spacial score (nSPS) is 9.89. The number of amides is 1. The molecule has 0 fully saturated rings. The Morgan fingerprint density at radius 1 is 1.39 bits per heavy atom. The summed E-state index contributed by atoms with van der Waals surface area (Å²) in [6.45, 7) is 1.92. The molecule has 6 heteroatoms. The first-order valence-corrected chi connectivity index (χ1v) is 6.49. The van der Waals surface area contributed by atoms with E-state index < -0.39 is 0 Å². The summed E-state index contributed by atoms with van der Waals surface area (Å²) in [5.74, 6) is -0.197. The number of esters is 1. The Morgan fingerprint density at radius 3 is 2.72 bits per heavy atom. The van der Waals surface area contributed by atoms with Crippen LogP contribution < -0.4 is 11.1 Å². The second-order valence-corrected chi connectivity index (χ2v) is 4.69. The summed E-state index contributed by atoms with van der Waals surface area (Å²) in [7, 11) is 1.32. The maximum Gasteiger partial charge on any atom is 0.315 e. The lowest BCUT2D eigenvalue weighted by atomic mass is 10.2. The maximum absolute atomic E-state index is 11.6. The summed E-state index contributed by atoms with van der Waals surface area (Å²) >= 11 is 1.19. The average molecular weight is 268 g/mol. The molecule has 0 atom stereocenters. The van der Waals surface area contributed by atoms with E-state index in [9.17, 15) is 9.59 Å². The monoisotopic (exact) mass is 268 g/mol. The van der Waals surface area contributed by atoms with Gasteiger partial charge in [-0.15, -0.1) is 11.8 Å². The Hall–Kier alpha value is -1.69. The number of rotatable bonds is 5. The van der Waals surface area contributed by atoms with E-state index >= 15 is 0 Å². The fourth-order valence-corrected chi connectivity index (χ4v) is 1.91. The zero-order chi connectivity index (χ0) is 13.5. The molecule has 1 aromatic carbocycles. The van der Waals surface area contributed by atoms with E-state index in [1.54, 1.807) is 12.1 Å². The van der Waals surface area contributed by atoms with Crippen molar-refractivity contribution in [1.82, 2.24) is 0 Å². The van der Waals surface area contributed by atoms with E-state index in [0.717, 1.165) is 5.56 Å². The third kappa shape index (κ3) is 4.67. The molecule has 0 spiro atoms. The average Bonchev–Trinajstić information content (AvgIpc) is 2.32. The Labute approximate surface area is 110 Å². The molecule has 1 aromatic rings. The third-order valence-corrected chi connectivity index (χ3v) is 3.07. The molecule has 0 aliphatic rings. The quantitative estimate of drug-likeness (QED) is 0.623. The van der Waals surface area contributed by atoms with Gasteiger partial charge in [0.15, 0.2) is 0 Å². The van der Waals surface area contributed by atoms with Gasteiger partial charge in [0, 0.05) is 0 Å². The minimum atomic E-state index is -0.345. The molecule has 98 valence electrons. The van der Waals surface area contributed by atoms with E-state index in [-0.39, 0.29) is 23.4 Å². The molecule has 0 aliphatic carbocycles. The summed E-state index contributed by atoms with van der Waals surface area (Å²) in [6.07, 6.45) is 0. The highest BCUT2D eigenvalue weighted by Gasteiger charge is 2.07. The fourth-order valence-electron chi connectivity index (χ4n) is 1.27. The number of carbonyl (C=O) groups is 2. The molecule has 1 rings (SSSR count). The molecular formula is C12H16N2O3S. The summed E-state index contributed by atoms with van der Waals surface area (Å²) in [4.78, 5) is 22.4. The van der Waals surface area contributed by atoms with Gasteiger partial charge in [-0.25, -0.2) is 0 Å². The number of hydrogen-bond acceptors (Lipinski definition) is 5. The second-order valence-electron chi connectivity index (χ2n) is 3.71. The van der Waals surface area contributed by atoms with E-state index in [4.69, 9.17) is 5.73 Å². The standard InChI is InChI=1S/C12H16N2O3S/c1-8-3-4-10(9(13)5-8)14-11(15)6-18-7-12(16)17-2/h3-5H,6-7,13H2,1-2H3,(H,14,15). The van der Waals surface area contributed by atoms with Crippen LogP contribution in [0.4, 0.5) is 11.4 Å². The Balaban J connectivity index is 2.42. The van der Waals surface area contributed by atoms with Crippen LogP contribution >= 0.6 is 11.8 Å². The van der Waals surface area contributed by atoms with Crippen molar-refractivity contribution >= 4 is 35.0 Å². The number of ether oxygens (including phenoxy) is 1. The van der Waals surface area contributed by atoms with Gasteiger partial charge in [0.2, 0.25) is 5.91 Å². The van der Waals surface area contributed by atoms with Gasteiger partial charge in [-0.3, -0.25) is 9.59 Å². The van der Waals surface area contributed by atoms with Gasteiger partial charge in [-0.2, -0.15) is 0 Å². The smallest absolute Gasteiger partial charge is 0.315 e. The summed E-state index contributed by atoms with van der Waals surface area (Å²) in [5.41, 5.74) is 7.92. The molecule has 5 nitrogen and oxygen atoms in total. The van der Waals surface area contributed by atoms with E-state index in [1.165, 1.54) is 18.9 Å². The molecule has 0 bridgehead atoms. The Bertz CT molecular complexity index is 449. The van der Waals surface area contributed by atoms with Gasteiger partial charge in [0.05, 0.1) is 30.0 Å². The van der Waals surface area contributed by atoms with Crippen molar-refractivity contribution < 1.29 is 14.3 Å². The maximum atomic E-state index is 11.6. The Morgan fingerprint density at radius 2 is 2.11 bits per heavy atom. The number of anilines is 2. The number of thioether (sulfide) groups is 1. The minimum absolute atomic E-state index is 0.160. The lowest BCUT2D eigenvalue weighted by Gasteiger charge is -2.08. The highest BCUT2D eigenvalue weighted by atomic mass is 32.2. The van der Waals surface area contributed by atoms with Gasteiger partial charge in [-0.05, 0) is 24.6 Å². The van der Waals surface area contributed by atoms with Crippen molar-refractivity contribution in [2.45, 2.75) is 6.92 Å². The van der Waals surface area contributed by atoms with Gasteiger partial charge in [-0.1, -0.05) is 6.07 Å². The number of aryl methyl sites for hydroxylation is 1. The number of carbonyl (C=O) groups excluding carboxylic acids is 2. The van der Waals surface area contributed by atoms with E-state index in [1.807, 2.05) is 13.0 Å². The highest BCUT2D eigenvalue weighted by molar-refractivity contribution is 8.00. The molecule has 0 saturated heterocycles. The van der Waals surface area contributed by atoms with Crippen LogP contribution in [-0.4, -0.2) is 30.5 Å². The van der Waals surface area contributed by atoms with Crippen LogP contribution in [0.25, 0.3) is 0 Å². The highest BCUT2D eigenvalue weighted by Crippen LogP contribution is 2.19. The molecule has 1 amide bonds. The first-order chi connectivity index (χ1) is 8.52. The van der Waals surface area contributed by atoms with Crippen molar-refractivity contribution in [2.75, 3.05) is 29.7 Å². The van der Waals surface area contributed by atoms with Gasteiger partial charge < -0.3 is 15.8 Å². The molecule has 3 N–H and O–H groups in total. The first-order valence-electron chi connectivity index (χ1n) is 5.33. The number of methoxy groups -OCH3 is 1. The topological polar surface area (TPSA) is 81.4 Å². The first kappa shape index (κ1) is 14.4.